The number of benzene rings is 3. The third-order valence-electron chi connectivity index (χ3n) is 5.00. The number of thioether (sulfide) groups is 1. The van der Waals surface area contributed by atoms with Crippen LogP contribution in [0.25, 0.3) is 28.0 Å². The Morgan fingerprint density at radius 1 is 1.00 bits per heavy atom. The number of nitrogens with one attached hydrogen (secondary N) is 1. The minimum Gasteiger partial charge on any atom is -0.493 e. The first-order valence-electron chi connectivity index (χ1n) is 10.2. The van der Waals surface area contributed by atoms with E-state index >= 15 is 0 Å². The van der Waals surface area contributed by atoms with Gasteiger partial charge < -0.3 is 10.1 Å². The molecule has 3 aromatic carbocycles. The smallest absolute Gasteiger partial charge is 0.275 e. The van der Waals surface area contributed by atoms with E-state index in [1.54, 1.807) is 24.3 Å². The van der Waals surface area contributed by atoms with E-state index in [9.17, 15) is 9.90 Å². The van der Waals surface area contributed by atoms with Crippen molar-refractivity contribution in [3.63, 3.8) is 0 Å². The summed E-state index contributed by atoms with van der Waals surface area (Å²) in [6.07, 6.45) is 0. The number of aromatic hydroxyl groups is 1. The average molecular weight is 489 g/mol. The second-order valence-corrected chi connectivity index (χ2v) is 8.61. The van der Waals surface area contributed by atoms with Gasteiger partial charge in [0.05, 0.1) is 11.3 Å². The Morgan fingerprint density at radius 3 is 2.53 bits per heavy atom. The number of hydrogen-bond acceptors (Lipinski definition) is 6. The van der Waals surface area contributed by atoms with Crippen LogP contribution in [0.2, 0.25) is 5.02 Å². The Bertz CT molecular complexity index is 1500. The molecule has 5 rings (SSSR count). The normalized spacial score (nSPS) is 11.4. The Morgan fingerprint density at radius 2 is 1.74 bits per heavy atom. The minimum atomic E-state index is -0.467. The SMILES string of the molecule is O=C(CSc1nnc(-c2ccc(Cl)cc2)n1-c1ccccc1)N=Nc1c(O)[nH]c2ccccc12. The molecule has 2 aromatic heterocycles. The van der Waals surface area contributed by atoms with Crippen molar-refractivity contribution in [2.75, 3.05) is 5.75 Å². The predicted octanol–water partition coefficient (Wildman–Crippen LogP) is 6.18. The summed E-state index contributed by atoms with van der Waals surface area (Å²) < 4.78 is 1.88. The second kappa shape index (κ2) is 9.50. The van der Waals surface area contributed by atoms with Crippen LogP contribution in [0.5, 0.6) is 5.88 Å². The highest BCUT2D eigenvalue weighted by Crippen LogP contribution is 2.35. The maximum atomic E-state index is 12.5. The van der Waals surface area contributed by atoms with Crippen LogP contribution < -0.4 is 0 Å². The monoisotopic (exact) mass is 488 g/mol. The summed E-state index contributed by atoms with van der Waals surface area (Å²) in [4.78, 5) is 15.3. The lowest BCUT2D eigenvalue weighted by molar-refractivity contribution is -0.115. The van der Waals surface area contributed by atoms with Crippen LogP contribution >= 0.6 is 23.4 Å². The van der Waals surface area contributed by atoms with Crippen LogP contribution in [0.1, 0.15) is 0 Å². The van der Waals surface area contributed by atoms with Crippen LogP contribution in [-0.4, -0.2) is 36.5 Å². The molecule has 10 heteroatoms. The summed E-state index contributed by atoms with van der Waals surface area (Å²) in [5.41, 5.74) is 2.64. The van der Waals surface area contributed by atoms with Gasteiger partial charge in [-0.05, 0) is 42.5 Å². The van der Waals surface area contributed by atoms with Crippen LogP contribution in [0.15, 0.2) is 94.2 Å². The lowest BCUT2D eigenvalue weighted by Gasteiger charge is -2.09. The number of aromatic nitrogens is 4. The fraction of sp³-hybridized carbons (Fsp3) is 0.0417. The van der Waals surface area contributed by atoms with E-state index in [2.05, 4.69) is 25.4 Å². The molecule has 0 aliphatic rings. The highest BCUT2D eigenvalue weighted by Gasteiger charge is 2.17. The van der Waals surface area contributed by atoms with Gasteiger partial charge in [0, 0.05) is 21.7 Å². The van der Waals surface area contributed by atoms with Crippen LogP contribution in [0.3, 0.4) is 0 Å². The summed E-state index contributed by atoms with van der Waals surface area (Å²) >= 11 is 7.24. The number of hydrogen-bond donors (Lipinski definition) is 2. The zero-order chi connectivity index (χ0) is 23.5. The molecule has 0 radical (unpaired) electrons. The van der Waals surface area contributed by atoms with Crippen molar-refractivity contribution in [2.45, 2.75) is 5.16 Å². The van der Waals surface area contributed by atoms with Gasteiger partial charge in [0.25, 0.3) is 5.91 Å². The fourth-order valence-electron chi connectivity index (χ4n) is 3.43. The van der Waals surface area contributed by atoms with Gasteiger partial charge >= 0.3 is 0 Å². The topological polar surface area (TPSA) is 109 Å². The molecule has 1 amide bonds. The first kappa shape index (κ1) is 21.9. The average Bonchev–Trinajstić information content (AvgIpc) is 3.42. The van der Waals surface area contributed by atoms with Gasteiger partial charge in [-0.3, -0.25) is 9.36 Å². The first-order valence-corrected chi connectivity index (χ1v) is 11.6. The summed E-state index contributed by atoms with van der Waals surface area (Å²) in [6, 6.07) is 24.2. The van der Waals surface area contributed by atoms with Gasteiger partial charge in [-0.2, -0.15) is 0 Å². The number of nitrogens with zero attached hydrogens (tertiary/aromatic N) is 5. The van der Waals surface area contributed by atoms with E-state index in [0.29, 0.717) is 26.9 Å². The quantitative estimate of drug-likeness (QED) is 0.219. The lowest BCUT2D eigenvalue weighted by Crippen LogP contribution is -2.02. The fourth-order valence-corrected chi connectivity index (χ4v) is 4.29. The van der Waals surface area contributed by atoms with Crippen molar-refractivity contribution in [3.8, 4) is 23.0 Å². The van der Waals surface area contributed by atoms with Crippen LogP contribution in [0, 0.1) is 0 Å². The summed E-state index contributed by atoms with van der Waals surface area (Å²) in [7, 11) is 0. The molecule has 0 aliphatic heterocycles. The summed E-state index contributed by atoms with van der Waals surface area (Å²) in [5, 5.41) is 28.3. The number of azo groups is 1. The Kier molecular flexibility index (Phi) is 6.11. The molecule has 0 aliphatic carbocycles. The van der Waals surface area contributed by atoms with Gasteiger partial charge in [0.1, 0.15) is 0 Å². The van der Waals surface area contributed by atoms with Gasteiger partial charge in [-0.25, -0.2) is 0 Å². The molecule has 5 aromatic rings. The number of H-pyrrole nitrogens is 1. The number of halogens is 1. The Hall–Kier alpha value is -3.95. The molecule has 8 nitrogen and oxygen atoms in total. The number of rotatable bonds is 6. The molecule has 0 saturated heterocycles. The van der Waals surface area contributed by atoms with E-state index in [1.807, 2.05) is 59.2 Å². The zero-order valence-corrected chi connectivity index (χ0v) is 19.2. The van der Waals surface area contributed by atoms with Gasteiger partial charge in [0.2, 0.25) is 5.88 Å². The molecule has 0 fully saturated rings. The third-order valence-corrected chi connectivity index (χ3v) is 6.16. The number of carbonyl (C=O) groups excluding carboxylic acids is 1. The summed E-state index contributed by atoms with van der Waals surface area (Å²) in [6.45, 7) is 0. The molecule has 0 spiro atoms. The number of carbonyl (C=O) groups is 1. The minimum absolute atomic E-state index is 0.00178. The third kappa shape index (κ3) is 4.43. The summed E-state index contributed by atoms with van der Waals surface area (Å²) in [5.74, 6) is 0.0217. The van der Waals surface area contributed by atoms with Crippen LogP contribution in [-0.2, 0) is 4.79 Å². The molecular weight excluding hydrogens is 472 g/mol. The maximum absolute atomic E-state index is 12.5. The largest absolute Gasteiger partial charge is 0.493 e. The molecule has 168 valence electrons. The van der Waals surface area contributed by atoms with Crippen molar-refractivity contribution >= 4 is 45.9 Å². The molecule has 2 heterocycles. The van der Waals surface area contributed by atoms with Crippen molar-refractivity contribution in [2.24, 2.45) is 10.2 Å². The molecule has 34 heavy (non-hydrogen) atoms. The zero-order valence-electron chi connectivity index (χ0n) is 17.6. The molecule has 0 unspecified atom stereocenters. The maximum Gasteiger partial charge on any atom is 0.275 e. The van der Waals surface area contributed by atoms with Crippen LogP contribution in [0.4, 0.5) is 5.69 Å². The number of fused-ring (bicyclic) bond motifs is 1. The second-order valence-electron chi connectivity index (χ2n) is 7.23. The Labute approximate surface area is 203 Å². The van der Waals surface area contributed by atoms with E-state index in [-0.39, 0.29) is 17.3 Å². The highest BCUT2D eigenvalue weighted by molar-refractivity contribution is 7.99. The van der Waals surface area contributed by atoms with Gasteiger partial charge in [0.15, 0.2) is 16.7 Å². The van der Waals surface area contributed by atoms with E-state index in [1.165, 1.54) is 11.8 Å². The van der Waals surface area contributed by atoms with E-state index in [0.717, 1.165) is 11.3 Å². The number of aromatic amines is 1. The van der Waals surface area contributed by atoms with Crippen molar-refractivity contribution in [3.05, 3.63) is 83.9 Å². The molecule has 0 atom stereocenters. The molecule has 0 bridgehead atoms. The van der Waals surface area contributed by atoms with E-state index < -0.39 is 5.91 Å². The van der Waals surface area contributed by atoms with Crippen molar-refractivity contribution < 1.29 is 9.90 Å². The first-order chi connectivity index (χ1) is 16.6. The number of para-hydroxylation sites is 2. The lowest BCUT2D eigenvalue weighted by atomic mass is 10.2. The standard InChI is InChI=1S/C24H17ClN6O2S/c25-16-12-10-15(11-13-16)22-29-30-24(31(22)17-6-2-1-3-7-17)34-14-20(32)27-28-21-18-8-4-5-9-19(18)26-23(21)33/h1-13,26,33H,14H2. The van der Waals surface area contributed by atoms with E-state index in [4.69, 9.17) is 11.6 Å². The predicted molar refractivity (Wildman–Crippen MR) is 132 cm³/mol. The Balaban J connectivity index is 1.39. The van der Waals surface area contributed by atoms with Gasteiger partial charge in [-0.15, -0.1) is 20.4 Å². The molecule has 2 N–H and O–H groups in total. The molecule has 0 saturated carbocycles. The number of amides is 1. The van der Waals surface area contributed by atoms with Crippen molar-refractivity contribution in [1.82, 2.24) is 19.7 Å². The molecular formula is C24H17ClN6O2S. The highest BCUT2D eigenvalue weighted by atomic mass is 35.5. The van der Waals surface area contributed by atoms with Gasteiger partial charge in [-0.1, -0.05) is 59.8 Å². The van der Waals surface area contributed by atoms with Crippen molar-refractivity contribution in [1.29, 1.82) is 0 Å².